The van der Waals surface area contributed by atoms with Crippen molar-refractivity contribution in [1.82, 2.24) is 4.98 Å². The van der Waals surface area contributed by atoms with Crippen molar-refractivity contribution in [3.63, 3.8) is 0 Å². The molecule has 4 nitrogen and oxygen atoms in total. The summed E-state index contributed by atoms with van der Waals surface area (Å²) in [6.45, 7) is 0. The molecule has 0 saturated carbocycles. The van der Waals surface area contributed by atoms with Gasteiger partial charge in [0.15, 0.2) is 6.29 Å². The van der Waals surface area contributed by atoms with Crippen LogP contribution >= 0.6 is 0 Å². The zero-order valence-corrected chi connectivity index (χ0v) is 7.48. The molecule has 4 heteroatoms. The maximum absolute atomic E-state index is 11.2. The normalized spacial score (nSPS) is 8.36. The van der Waals surface area contributed by atoms with Gasteiger partial charge in [-0.05, 0) is 12.0 Å². The molecule has 0 fully saturated rings. The highest BCUT2D eigenvalue weighted by Crippen LogP contribution is 2.06. The van der Waals surface area contributed by atoms with Crippen LogP contribution in [-0.2, 0) is 9.53 Å². The standard InChI is InChI=1S/C10H7NO3/c1-14-10(13)9-4-5-11-7-8(9)3-2-6-12/h4-7H,1H3. The van der Waals surface area contributed by atoms with E-state index in [2.05, 4.69) is 21.6 Å². The first-order chi connectivity index (χ1) is 6.79. The summed E-state index contributed by atoms with van der Waals surface area (Å²) in [5, 5.41) is 0. The number of aldehydes is 1. The maximum Gasteiger partial charge on any atom is 0.339 e. The maximum atomic E-state index is 11.2. The van der Waals surface area contributed by atoms with Crippen molar-refractivity contribution in [3.8, 4) is 11.8 Å². The van der Waals surface area contributed by atoms with Crippen LogP contribution in [0.3, 0.4) is 0 Å². The van der Waals surface area contributed by atoms with E-state index in [1.807, 2.05) is 0 Å². The van der Waals surface area contributed by atoms with Crippen LogP contribution in [0.25, 0.3) is 0 Å². The number of nitrogens with zero attached hydrogens (tertiary/aromatic N) is 1. The zero-order chi connectivity index (χ0) is 10.4. The molecule has 0 atom stereocenters. The number of ether oxygens (including phenoxy) is 1. The predicted molar refractivity (Wildman–Crippen MR) is 48.5 cm³/mol. The third-order valence-electron chi connectivity index (χ3n) is 1.49. The summed E-state index contributed by atoms with van der Waals surface area (Å²) in [5.41, 5.74) is 0.684. The topological polar surface area (TPSA) is 56.3 Å². The Labute approximate surface area is 80.9 Å². The molecule has 0 spiro atoms. The Morgan fingerprint density at radius 1 is 1.64 bits per heavy atom. The Hall–Kier alpha value is -2.15. The van der Waals surface area contributed by atoms with Gasteiger partial charge in [-0.3, -0.25) is 9.78 Å². The van der Waals surface area contributed by atoms with Gasteiger partial charge in [-0.15, -0.1) is 0 Å². The van der Waals surface area contributed by atoms with E-state index in [0.29, 0.717) is 17.4 Å². The highest BCUT2D eigenvalue weighted by Gasteiger charge is 2.09. The Bertz CT molecular complexity index is 415. The summed E-state index contributed by atoms with van der Waals surface area (Å²) >= 11 is 0. The number of methoxy groups -OCH3 is 1. The average Bonchev–Trinajstić information content (AvgIpc) is 2.25. The molecule has 0 aliphatic rings. The van der Waals surface area contributed by atoms with Gasteiger partial charge in [0.2, 0.25) is 0 Å². The molecule has 0 N–H and O–H groups in total. The summed E-state index contributed by atoms with van der Waals surface area (Å²) < 4.78 is 4.53. The number of hydrogen-bond acceptors (Lipinski definition) is 4. The number of hydrogen-bond donors (Lipinski definition) is 0. The first-order valence-corrected chi connectivity index (χ1v) is 3.77. The van der Waals surface area contributed by atoms with Crippen LogP contribution in [0.4, 0.5) is 0 Å². The van der Waals surface area contributed by atoms with Crippen molar-refractivity contribution < 1.29 is 14.3 Å². The van der Waals surface area contributed by atoms with Gasteiger partial charge < -0.3 is 4.74 Å². The molecule has 1 aromatic heterocycles. The molecule has 1 heterocycles. The Kier molecular flexibility index (Phi) is 3.39. The minimum absolute atomic E-state index is 0.303. The molecule has 1 rings (SSSR count). The molecule has 0 saturated heterocycles. The first-order valence-electron chi connectivity index (χ1n) is 3.77. The molecule has 0 amide bonds. The van der Waals surface area contributed by atoms with Gasteiger partial charge in [-0.2, -0.15) is 0 Å². The molecule has 14 heavy (non-hydrogen) atoms. The number of pyridine rings is 1. The third-order valence-corrected chi connectivity index (χ3v) is 1.49. The van der Waals surface area contributed by atoms with E-state index in [1.165, 1.54) is 25.6 Å². The quantitative estimate of drug-likeness (QED) is 0.365. The molecule has 0 bridgehead atoms. The number of aromatic nitrogens is 1. The SMILES string of the molecule is COC(=O)c1ccncc1C#CC=O. The van der Waals surface area contributed by atoms with E-state index in [4.69, 9.17) is 0 Å². The number of carbonyl (C=O) groups is 2. The molecular weight excluding hydrogens is 182 g/mol. The highest BCUT2D eigenvalue weighted by molar-refractivity contribution is 5.92. The van der Waals surface area contributed by atoms with Gasteiger partial charge in [0.25, 0.3) is 0 Å². The zero-order valence-electron chi connectivity index (χ0n) is 7.48. The molecule has 0 radical (unpaired) electrons. The summed E-state index contributed by atoms with van der Waals surface area (Å²) in [6, 6.07) is 1.49. The van der Waals surface area contributed by atoms with E-state index < -0.39 is 5.97 Å². The lowest BCUT2D eigenvalue weighted by Gasteiger charge is -2.00. The lowest BCUT2D eigenvalue weighted by molar-refractivity contribution is -0.103. The van der Waals surface area contributed by atoms with Gasteiger partial charge in [-0.1, -0.05) is 5.92 Å². The smallest absolute Gasteiger partial charge is 0.339 e. The van der Waals surface area contributed by atoms with Crippen LogP contribution in [-0.4, -0.2) is 24.3 Å². The number of carbonyl (C=O) groups excluding carboxylic acids is 2. The lowest BCUT2D eigenvalue weighted by atomic mass is 10.1. The molecule has 70 valence electrons. The van der Waals surface area contributed by atoms with Crippen LogP contribution in [0.15, 0.2) is 18.5 Å². The van der Waals surface area contributed by atoms with Crippen LogP contribution in [0.5, 0.6) is 0 Å². The van der Waals surface area contributed by atoms with E-state index in [1.54, 1.807) is 0 Å². The fraction of sp³-hybridized carbons (Fsp3) is 0.100. The highest BCUT2D eigenvalue weighted by atomic mass is 16.5. The number of rotatable bonds is 1. The minimum atomic E-state index is -0.498. The number of esters is 1. The second-order valence-electron chi connectivity index (χ2n) is 2.30. The Morgan fingerprint density at radius 2 is 2.43 bits per heavy atom. The predicted octanol–water partition coefficient (Wildman–Crippen LogP) is 0.419. The molecule has 0 aliphatic carbocycles. The van der Waals surface area contributed by atoms with Gasteiger partial charge in [0.1, 0.15) is 0 Å². The fourth-order valence-electron chi connectivity index (χ4n) is 0.889. The third kappa shape index (κ3) is 2.17. The Morgan fingerprint density at radius 3 is 3.07 bits per heavy atom. The van der Waals surface area contributed by atoms with Crippen LogP contribution in [0.2, 0.25) is 0 Å². The minimum Gasteiger partial charge on any atom is -0.465 e. The Balaban J connectivity index is 3.15. The van der Waals surface area contributed by atoms with Crippen LogP contribution in [0, 0.1) is 11.8 Å². The second kappa shape index (κ2) is 4.77. The van der Waals surface area contributed by atoms with Gasteiger partial charge in [-0.25, -0.2) is 4.79 Å². The fourth-order valence-corrected chi connectivity index (χ4v) is 0.889. The van der Waals surface area contributed by atoms with E-state index in [0.717, 1.165) is 0 Å². The summed E-state index contributed by atoms with van der Waals surface area (Å²) in [4.78, 5) is 25.0. The largest absolute Gasteiger partial charge is 0.465 e. The van der Waals surface area contributed by atoms with Crippen molar-refractivity contribution in [2.24, 2.45) is 0 Å². The van der Waals surface area contributed by atoms with Crippen molar-refractivity contribution in [2.45, 2.75) is 0 Å². The summed E-state index contributed by atoms with van der Waals surface area (Å²) in [6.07, 6.45) is 3.31. The second-order valence-corrected chi connectivity index (χ2v) is 2.30. The van der Waals surface area contributed by atoms with Gasteiger partial charge in [0.05, 0.1) is 18.2 Å². The summed E-state index contributed by atoms with van der Waals surface area (Å²) in [5.74, 6) is 4.20. The van der Waals surface area contributed by atoms with Crippen LogP contribution < -0.4 is 0 Å². The summed E-state index contributed by atoms with van der Waals surface area (Å²) in [7, 11) is 1.28. The van der Waals surface area contributed by atoms with Gasteiger partial charge >= 0.3 is 5.97 Å². The van der Waals surface area contributed by atoms with Gasteiger partial charge in [0, 0.05) is 12.4 Å². The van der Waals surface area contributed by atoms with Crippen molar-refractivity contribution in [1.29, 1.82) is 0 Å². The molecule has 0 aliphatic heterocycles. The van der Waals surface area contributed by atoms with Crippen molar-refractivity contribution in [2.75, 3.05) is 7.11 Å². The monoisotopic (exact) mass is 189 g/mol. The van der Waals surface area contributed by atoms with Crippen LogP contribution in [0.1, 0.15) is 15.9 Å². The molecule has 0 aromatic carbocycles. The van der Waals surface area contributed by atoms with E-state index in [-0.39, 0.29) is 0 Å². The average molecular weight is 189 g/mol. The molecule has 0 unspecified atom stereocenters. The first kappa shape index (κ1) is 9.93. The lowest BCUT2D eigenvalue weighted by Crippen LogP contribution is -2.04. The van der Waals surface area contributed by atoms with Crippen molar-refractivity contribution in [3.05, 3.63) is 29.6 Å². The van der Waals surface area contributed by atoms with E-state index in [9.17, 15) is 9.59 Å². The van der Waals surface area contributed by atoms with E-state index >= 15 is 0 Å². The molecular formula is C10H7NO3. The molecule has 1 aromatic rings. The van der Waals surface area contributed by atoms with Crippen molar-refractivity contribution >= 4 is 12.3 Å².